The van der Waals surface area contributed by atoms with Crippen LogP contribution in [0.4, 0.5) is 13.2 Å². The molecule has 9 heteroatoms. The number of aryl methyl sites for hydroxylation is 1. The van der Waals surface area contributed by atoms with Crippen LogP contribution >= 0.6 is 0 Å². The molecule has 0 saturated carbocycles. The SMILES string of the molecule is CC(C)N(CC(=O)N(Cc1ccco1)Cc1cccn1C)C(=O)c1ccc(C(F)(F)F)cc1. The van der Waals surface area contributed by atoms with Gasteiger partial charge in [0.15, 0.2) is 0 Å². The van der Waals surface area contributed by atoms with E-state index in [1.807, 2.05) is 29.9 Å². The van der Waals surface area contributed by atoms with Crippen LogP contribution in [0.1, 0.15) is 41.2 Å². The highest BCUT2D eigenvalue weighted by Gasteiger charge is 2.31. The fourth-order valence-electron chi connectivity index (χ4n) is 3.38. The lowest BCUT2D eigenvalue weighted by atomic mass is 10.1. The molecule has 2 amide bonds. The molecule has 0 fully saturated rings. The number of furan rings is 1. The van der Waals surface area contributed by atoms with Crippen molar-refractivity contribution in [2.75, 3.05) is 6.54 Å². The molecule has 0 N–H and O–H groups in total. The summed E-state index contributed by atoms with van der Waals surface area (Å²) in [5, 5.41) is 0. The third kappa shape index (κ3) is 6.06. The lowest BCUT2D eigenvalue weighted by molar-refractivity contribution is -0.137. The van der Waals surface area contributed by atoms with E-state index in [9.17, 15) is 22.8 Å². The average Bonchev–Trinajstić information content (AvgIpc) is 3.42. The van der Waals surface area contributed by atoms with Gasteiger partial charge in [-0.15, -0.1) is 0 Å². The largest absolute Gasteiger partial charge is 0.467 e. The number of benzene rings is 1. The maximum atomic E-state index is 13.3. The minimum Gasteiger partial charge on any atom is -0.467 e. The van der Waals surface area contributed by atoms with Crippen molar-refractivity contribution in [1.82, 2.24) is 14.4 Å². The Hall–Kier alpha value is -3.49. The molecular formula is C24H26F3N3O3. The van der Waals surface area contributed by atoms with E-state index < -0.39 is 17.6 Å². The summed E-state index contributed by atoms with van der Waals surface area (Å²) in [7, 11) is 1.87. The number of halogens is 3. The summed E-state index contributed by atoms with van der Waals surface area (Å²) in [6, 6.07) is 10.9. The van der Waals surface area contributed by atoms with Gasteiger partial charge < -0.3 is 18.8 Å². The molecule has 176 valence electrons. The Balaban J connectivity index is 1.79. The Kier molecular flexibility index (Phi) is 7.30. The topological polar surface area (TPSA) is 58.7 Å². The first-order chi connectivity index (χ1) is 15.6. The second-order valence-corrected chi connectivity index (χ2v) is 8.04. The minimum atomic E-state index is -4.49. The number of rotatable bonds is 8. The monoisotopic (exact) mass is 461 g/mol. The molecule has 0 radical (unpaired) electrons. The van der Waals surface area contributed by atoms with E-state index >= 15 is 0 Å². The van der Waals surface area contributed by atoms with Gasteiger partial charge in [0, 0.05) is 30.5 Å². The smallest absolute Gasteiger partial charge is 0.416 e. The first kappa shape index (κ1) is 24.2. The predicted octanol–water partition coefficient (Wildman–Crippen LogP) is 4.72. The van der Waals surface area contributed by atoms with Crippen LogP contribution in [-0.4, -0.2) is 38.8 Å². The molecular weight excluding hydrogens is 435 g/mol. The van der Waals surface area contributed by atoms with Gasteiger partial charge in [0.2, 0.25) is 5.91 Å². The Labute approximate surface area is 190 Å². The van der Waals surface area contributed by atoms with Crippen molar-refractivity contribution in [2.24, 2.45) is 7.05 Å². The first-order valence-corrected chi connectivity index (χ1v) is 10.4. The van der Waals surface area contributed by atoms with Crippen LogP contribution in [0, 0.1) is 0 Å². The zero-order valence-corrected chi connectivity index (χ0v) is 18.7. The van der Waals surface area contributed by atoms with E-state index in [1.54, 1.807) is 30.9 Å². The molecule has 3 rings (SSSR count). The van der Waals surface area contributed by atoms with Gasteiger partial charge in [0.25, 0.3) is 5.91 Å². The van der Waals surface area contributed by atoms with Gasteiger partial charge in [-0.25, -0.2) is 0 Å². The van der Waals surface area contributed by atoms with Gasteiger partial charge in [0.05, 0.1) is 24.9 Å². The third-order valence-electron chi connectivity index (χ3n) is 5.33. The highest BCUT2D eigenvalue weighted by atomic mass is 19.4. The van der Waals surface area contributed by atoms with Crippen molar-refractivity contribution >= 4 is 11.8 Å². The average molecular weight is 461 g/mol. The van der Waals surface area contributed by atoms with Crippen molar-refractivity contribution < 1.29 is 27.2 Å². The highest BCUT2D eigenvalue weighted by Crippen LogP contribution is 2.29. The van der Waals surface area contributed by atoms with Crippen LogP contribution in [0.2, 0.25) is 0 Å². The number of hydrogen-bond acceptors (Lipinski definition) is 3. The predicted molar refractivity (Wildman–Crippen MR) is 116 cm³/mol. The highest BCUT2D eigenvalue weighted by molar-refractivity contribution is 5.96. The number of carbonyl (C=O) groups excluding carboxylic acids is 2. The number of amides is 2. The molecule has 0 aliphatic carbocycles. The van der Waals surface area contributed by atoms with Crippen LogP contribution in [-0.2, 0) is 31.1 Å². The summed E-state index contributed by atoms with van der Waals surface area (Å²) < 4.78 is 45.9. The molecule has 33 heavy (non-hydrogen) atoms. The summed E-state index contributed by atoms with van der Waals surface area (Å²) in [4.78, 5) is 29.3. The molecule has 2 heterocycles. The fourth-order valence-corrected chi connectivity index (χ4v) is 3.38. The molecule has 3 aromatic rings. The summed E-state index contributed by atoms with van der Waals surface area (Å²) in [6.45, 7) is 3.82. The van der Waals surface area contributed by atoms with Crippen LogP contribution in [0.3, 0.4) is 0 Å². The molecule has 0 bridgehead atoms. The Morgan fingerprint density at radius 1 is 1.03 bits per heavy atom. The van der Waals surface area contributed by atoms with E-state index in [0.29, 0.717) is 12.3 Å². The summed E-state index contributed by atoms with van der Waals surface area (Å²) >= 11 is 0. The Morgan fingerprint density at radius 2 is 1.73 bits per heavy atom. The van der Waals surface area contributed by atoms with Crippen molar-refractivity contribution in [1.29, 1.82) is 0 Å². The van der Waals surface area contributed by atoms with E-state index in [2.05, 4.69) is 0 Å². The third-order valence-corrected chi connectivity index (χ3v) is 5.33. The summed E-state index contributed by atoms with van der Waals surface area (Å²) in [5.74, 6) is -0.215. The van der Waals surface area contributed by atoms with Gasteiger partial charge >= 0.3 is 6.18 Å². The molecule has 2 aromatic heterocycles. The van der Waals surface area contributed by atoms with E-state index in [1.165, 1.54) is 11.2 Å². The van der Waals surface area contributed by atoms with E-state index in [4.69, 9.17) is 4.42 Å². The van der Waals surface area contributed by atoms with Crippen molar-refractivity contribution in [2.45, 2.75) is 39.2 Å². The van der Waals surface area contributed by atoms with Crippen molar-refractivity contribution in [3.05, 3.63) is 83.6 Å². The van der Waals surface area contributed by atoms with Crippen LogP contribution in [0.15, 0.2) is 65.4 Å². The number of alkyl halides is 3. The molecule has 6 nitrogen and oxygen atoms in total. The quantitative estimate of drug-likeness (QED) is 0.488. The number of hydrogen-bond donors (Lipinski definition) is 0. The standard InChI is InChI=1S/C24H26F3N3O3/c1-17(2)30(23(32)18-8-10-19(11-9-18)24(25,26)27)16-22(31)29(15-21-7-5-13-33-21)14-20-6-4-12-28(20)3/h4-13,17H,14-16H2,1-3H3. The van der Waals surface area contributed by atoms with E-state index in [0.717, 1.165) is 30.0 Å². The second-order valence-electron chi connectivity index (χ2n) is 8.04. The summed E-state index contributed by atoms with van der Waals surface area (Å²) in [5.41, 5.74) is 0.156. The van der Waals surface area contributed by atoms with Crippen LogP contribution < -0.4 is 0 Å². The van der Waals surface area contributed by atoms with Gasteiger partial charge in [0.1, 0.15) is 12.3 Å². The first-order valence-electron chi connectivity index (χ1n) is 10.4. The number of nitrogens with zero attached hydrogens (tertiary/aromatic N) is 3. The summed E-state index contributed by atoms with van der Waals surface area (Å²) in [6.07, 6.45) is -1.09. The maximum absolute atomic E-state index is 13.3. The van der Waals surface area contributed by atoms with E-state index in [-0.39, 0.29) is 30.6 Å². The Bertz CT molecular complexity index is 1070. The molecule has 0 saturated heterocycles. The number of carbonyl (C=O) groups is 2. The van der Waals surface area contributed by atoms with Crippen LogP contribution in [0.5, 0.6) is 0 Å². The molecule has 1 aromatic carbocycles. The second kappa shape index (κ2) is 9.97. The molecule has 0 spiro atoms. The minimum absolute atomic E-state index is 0.0875. The Morgan fingerprint density at radius 3 is 2.24 bits per heavy atom. The van der Waals surface area contributed by atoms with Gasteiger partial charge in [-0.05, 0) is 62.4 Å². The van der Waals surface area contributed by atoms with Gasteiger partial charge in [-0.1, -0.05) is 0 Å². The lowest BCUT2D eigenvalue weighted by Crippen LogP contribution is -2.45. The van der Waals surface area contributed by atoms with Crippen LogP contribution in [0.25, 0.3) is 0 Å². The zero-order valence-electron chi connectivity index (χ0n) is 18.7. The fraction of sp³-hybridized carbons (Fsp3) is 0.333. The molecule has 0 aliphatic heterocycles. The molecule has 0 unspecified atom stereocenters. The van der Waals surface area contributed by atoms with Gasteiger partial charge in [-0.3, -0.25) is 9.59 Å². The number of aromatic nitrogens is 1. The van der Waals surface area contributed by atoms with Gasteiger partial charge in [-0.2, -0.15) is 13.2 Å². The van der Waals surface area contributed by atoms with Crippen molar-refractivity contribution in [3.8, 4) is 0 Å². The van der Waals surface area contributed by atoms with Crippen molar-refractivity contribution in [3.63, 3.8) is 0 Å². The lowest BCUT2D eigenvalue weighted by Gasteiger charge is -2.30. The zero-order chi connectivity index (χ0) is 24.2. The normalized spacial score (nSPS) is 11.6. The molecule has 0 atom stereocenters. The molecule has 0 aliphatic rings. The maximum Gasteiger partial charge on any atom is 0.416 e.